The Kier molecular flexibility index (Phi) is 6.00. The molecule has 0 aliphatic carbocycles. The number of hydrogen-bond acceptors (Lipinski definition) is 7. The number of hydrogen-bond donors (Lipinski definition) is 1. The quantitative estimate of drug-likeness (QED) is 0.452. The van der Waals surface area contributed by atoms with Crippen LogP contribution >= 0.6 is 0 Å². The molecule has 10 heteroatoms. The lowest BCUT2D eigenvalue weighted by molar-refractivity contribution is 0.0158. The molecule has 6 rings (SSSR count). The highest BCUT2D eigenvalue weighted by Crippen LogP contribution is 2.40. The molecule has 4 aromatic rings. The molecule has 4 aromatic heterocycles. The first-order valence-electron chi connectivity index (χ1n) is 12.7. The fourth-order valence-electron chi connectivity index (χ4n) is 5.68. The van der Waals surface area contributed by atoms with Crippen LogP contribution in [-0.4, -0.2) is 82.0 Å². The van der Waals surface area contributed by atoms with Gasteiger partial charge in [0.25, 0.3) is 0 Å². The number of halogens is 1. The standard InChI is InChI=1S/C26H32FN7O2/c1-16(2)21-22-19(31-24(21)17-11-20(35-3)25-29-15-30-34(25)13-17)12-28-26(23(22)27)33-8-6-32(7-9-33)18-5-4-10-36-14-18/h11-13,15-16,18,31H,4-10,14H2,1-3H3. The molecule has 1 atom stereocenters. The number of rotatable bonds is 5. The van der Waals surface area contributed by atoms with Gasteiger partial charge < -0.3 is 19.4 Å². The van der Waals surface area contributed by atoms with Crippen LogP contribution in [0.4, 0.5) is 10.2 Å². The van der Waals surface area contributed by atoms with Gasteiger partial charge in [-0.05, 0) is 30.4 Å². The van der Waals surface area contributed by atoms with Gasteiger partial charge >= 0.3 is 0 Å². The maximum absolute atomic E-state index is 16.2. The molecule has 0 radical (unpaired) electrons. The fraction of sp³-hybridized carbons (Fsp3) is 0.500. The molecule has 36 heavy (non-hydrogen) atoms. The summed E-state index contributed by atoms with van der Waals surface area (Å²) in [5, 5.41) is 4.88. The van der Waals surface area contributed by atoms with E-state index in [4.69, 9.17) is 9.47 Å². The van der Waals surface area contributed by atoms with Gasteiger partial charge in [0.15, 0.2) is 23.0 Å². The molecule has 2 aliphatic rings. The van der Waals surface area contributed by atoms with Crippen LogP contribution in [-0.2, 0) is 4.74 Å². The molecule has 0 saturated carbocycles. The zero-order valence-corrected chi connectivity index (χ0v) is 21.0. The van der Waals surface area contributed by atoms with Crippen LogP contribution in [0.2, 0.25) is 0 Å². The zero-order valence-electron chi connectivity index (χ0n) is 21.0. The highest BCUT2D eigenvalue weighted by atomic mass is 19.1. The minimum atomic E-state index is -0.262. The SMILES string of the molecule is COc1cc(-c2[nH]c3cnc(N4CCN(C5CCCOC5)CC4)c(F)c3c2C(C)C)cn2ncnc12. The Morgan fingerprint density at radius 3 is 2.75 bits per heavy atom. The number of piperazine rings is 1. The maximum Gasteiger partial charge on any atom is 0.197 e. The van der Waals surface area contributed by atoms with E-state index in [9.17, 15) is 0 Å². The van der Waals surface area contributed by atoms with E-state index in [0.29, 0.717) is 34.2 Å². The van der Waals surface area contributed by atoms with Crippen LogP contribution in [0.3, 0.4) is 0 Å². The molecule has 0 spiro atoms. The number of nitrogens with one attached hydrogen (secondary N) is 1. The molecule has 0 amide bonds. The van der Waals surface area contributed by atoms with E-state index in [1.165, 1.54) is 12.7 Å². The van der Waals surface area contributed by atoms with Gasteiger partial charge in [-0.3, -0.25) is 4.90 Å². The first-order chi connectivity index (χ1) is 17.5. The number of methoxy groups -OCH3 is 1. The highest BCUT2D eigenvalue weighted by molar-refractivity contribution is 5.93. The summed E-state index contributed by atoms with van der Waals surface area (Å²) in [6, 6.07) is 2.39. The molecule has 9 nitrogen and oxygen atoms in total. The second-order valence-corrected chi connectivity index (χ2v) is 9.97. The molecule has 2 saturated heterocycles. The van der Waals surface area contributed by atoms with E-state index in [-0.39, 0.29) is 11.7 Å². The van der Waals surface area contributed by atoms with Crippen molar-refractivity contribution in [1.82, 2.24) is 29.5 Å². The van der Waals surface area contributed by atoms with Crippen molar-refractivity contribution in [2.45, 2.75) is 38.6 Å². The number of fused-ring (bicyclic) bond motifs is 2. The second-order valence-electron chi connectivity index (χ2n) is 9.97. The summed E-state index contributed by atoms with van der Waals surface area (Å²) in [5.74, 6) is 0.860. The largest absolute Gasteiger partial charge is 0.493 e. The molecule has 2 aliphatic heterocycles. The van der Waals surface area contributed by atoms with E-state index in [2.05, 4.69) is 43.7 Å². The summed E-state index contributed by atoms with van der Waals surface area (Å²) in [6.07, 6.45) is 7.43. The summed E-state index contributed by atoms with van der Waals surface area (Å²) in [4.78, 5) is 16.8. The molecule has 190 valence electrons. The normalized spacial score (nSPS) is 19.6. The number of nitrogens with zero attached hydrogens (tertiary/aromatic N) is 6. The average Bonchev–Trinajstić information content (AvgIpc) is 3.54. The van der Waals surface area contributed by atoms with Crippen molar-refractivity contribution in [1.29, 1.82) is 0 Å². The molecule has 0 bridgehead atoms. The molecule has 6 heterocycles. The van der Waals surface area contributed by atoms with Crippen molar-refractivity contribution in [2.24, 2.45) is 0 Å². The van der Waals surface area contributed by atoms with Gasteiger partial charge in [-0.25, -0.2) is 18.9 Å². The first-order valence-corrected chi connectivity index (χ1v) is 12.7. The van der Waals surface area contributed by atoms with Crippen LogP contribution in [0, 0.1) is 5.82 Å². The topological polar surface area (TPSA) is 83.8 Å². The molecular formula is C26H32FN7O2. The average molecular weight is 494 g/mol. The number of pyridine rings is 2. The minimum Gasteiger partial charge on any atom is -0.493 e. The van der Waals surface area contributed by atoms with Crippen molar-refractivity contribution in [2.75, 3.05) is 51.4 Å². The van der Waals surface area contributed by atoms with Crippen molar-refractivity contribution in [3.63, 3.8) is 0 Å². The lowest BCUT2D eigenvalue weighted by Crippen LogP contribution is -2.52. The second kappa shape index (κ2) is 9.33. The van der Waals surface area contributed by atoms with Crippen LogP contribution in [0.15, 0.2) is 24.8 Å². The Hall–Kier alpha value is -3.24. The van der Waals surface area contributed by atoms with Crippen molar-refractivity contribution in [3.05, 3.63) is 36.2 Å². The molecular weight excluding hydrogens is 461 g/mol. The van der Waals surface area contributed by atoms with E-state index in [0.717, 1.165) is 62.6 Å². The van der Waals surface area contributed by atoms with Crippen LogP contribution in [0.25, 0.3) is 27.8 Å². The number of H-pyrrole nitrogens is 1. The Morgan fingerprint density at radius 2 is 2.03 bits per heavy atom. The highest BCUT2D eigenvalue weighted by Gasteiger charge is 2.29. The van der Waals surface area contributed by atoms with Gasteiger partial charge in [-0.1, -0.05) is 13.8 Å². The molecule has 0 aromatic carbocycles. The monoisotopic (exact) mass is 493 g/mol. The van der Waals surface area contributed by atoms with Crippen LogP contribution in [0.5, 0.6) is 5.75 Å². The van der Waals surface area contributed by atoms with E-state index < -0.39 is 0 Å². The summed E-state index contributed by atoms with van der Waals surface area (Å²) >= 11 is 0. The third-order valence-corrected chi connectivity index (χ3v) is 7.49. The summed E-state index contributed by atoms with van der Waals surface area (Å²) in [6.45, 7) is 9.11. The van der Waals surface area contributed by atoms with Gasteiger partial charge in [-0.2, -0.15) is 5.10 Å². The third-order valence-electron chi connectivity index (χ3n) is 7.49. The van der Waals surface area contributed by atoms with Crippen molar-refractivity contribution < 1.29 is 13.9 Å². The van der Waals surface area contributed by atoms with Gasteiger partial charge in [0.2, 0.25) is 0 Å². The smallest absolute Gasteiger partial charge is 0.197 e. The Bertz CT molecular complexity index is 1380. The van der Waals surface area contributed by atoms with Gasteiger partial charge in [0.1, 0.15) is 6.33 Å². The predicted molar refractivity (Wildman–Crippen MR) is 136 cm³/mol. The minimum absolute atomic E-state index is 0.0825. The van der Waals surface area contributed by atoms with Crippen LogP contribution in [0.1, 0.15) is 38.2 Å². The molecule has 2 fully saturated rings. The van der Waals surface area contributed by atoms with E-state index >= 15 is 4.39 Å². The lowest BCUT2D eigenvalue weighted by atomic mass is 9.96. The number of aromatic nitrogens is 5. The van der Waals surface area contributed by atoms with E-state index in [1.807, 2.05) is 12.3 Å². The Morgan fingerprint density at radius 1 is 1.19 bits per heavy atom. The third kappa shape index (κ3) is 3.88. The Balaban J connectivity index is 1.36. The fourth-order valence-corrected chi connectivity index (χ4v) is 5.68. The first kappa shape index (κ1) is 23.2. The molecule has 1 N–H and O–H groups in total. The Labute approximate surface area is 209 Å². The molecule has 1 unspecified atom stereocenters. The summed E-state index contributed by atoms with van der Waals surface area (Å²) < 4.78 is 29.1. The van der Waals surface area contributed by atoms with Crippen LogP contribution < -0.4 is 9.64 Å². The maximum atomic E-state index is 16.2. The zero-order chi connectivity index (χ0) is 24.8. The lowest BCUT2D eigenvalue weighted by Gasteiger charge is -2.41. The predicted octanol–water partition coefficient (Wildman–Crippen LogP) is 3.84. The van der Waals surface area contributed by atoms with Crippen molar-refractivity contribution in [3.8, 4) is 17.0 Å². The summed E-state index contributed by atoms with van der Waals surface area (Å²) in [7, 11) is 1.61. The van der Waals surface area contributed by atoms with Crippen molar-refractivity contribution >= 4 is 22.4 Å². The van der Waals surface area contributed by atoms with E-state index in [1.54, 1.807) is 17.8 Å². The van der Waals surface area contributed by atoms with Gasteiger partial charge in [-0.15, -0.1) is 0 Å². The van der Waals surface area contributed by atoms with Gasteiger partial charge in [0, 0.05) is 56.0 Å². The number of ether oxygens (including phenoxy) is 2. The number of aromatic amines is 1. The summed E-state index contributed by atoms with van der Waals surface area (Å²) in [5.41, 5.74) is 3.94. The number of anilines is 1. The van der Waals surface area contributed by atoms with Gasteiger partial charge in [0.05, 0.1) is 31.1 Å².